The van der Waals surface area contributed by atoms with Crippen LogP contribution in [0, 0.1) is 0 Å². The Hall–Kier alpha value is -1.52. The molecule has 2 aromatic heterocycles. The van der Waals surface area contributed by atoms with Gasteiger partial charge >= 0.3 is 0 Å². The molecule has 2 heterocycles. The van der Waals surface area contributed by atoms with Crippen LogP contribution in [0.5, 0.6) is 5.75 Å². The number of nitrogens with zero attached hydrogens (tertiary/aromatic N) is 2. The second-order valence-electron chi connectivity index (χ2n) is 3.58. The van der Waals surface area contributed by atoms with Gasteiger partial charge in [0.2, 0.25) is 0 Å². The summed E-state index contributed by atoms with van der Waals surface area (Å²) in [7, 11) is 1.66. The lowest BCUT2D eigenvalue weighted by molar-refractivity contribution is 0.415. The molecule has 3 nitrogen and oxygen atoms in total. The molecule has 1 aromatic carbocycles. The van der Waals surface area contributed by atoms with Crippen molar-refractivity contribution in [3.8, 4) is 17.0 Å². The van der Waals surface area contributed by atoms with Crippen molar-refractivity contribution in [2.24, 2.45) is 0 Å². The lowest BCUT2D eigenvalue weighted by Gasteiger charge is -2.01. The summed E-state index contributed by atoms with van der Waals surface area (Å²) in [6.45, 7) is 0. The molecular formula is C12H9ClN2OS. The van der Waals surface area contributed by atoms with Crippen molar-refractivity contribution >= 4 is 27.9 Å². The second-order valence-corrected chi connectivity index (χ2v) is 5.22. The highest BCUT2D eigenvalue weighted by Crippen LogP contribution is 2.27. The maximum absolute atomic E-state index is 5.91. The maximum atomic E-state index is 5.91. The van der Waals surface area contributed by atoms with Crippen LogP contribution in [0.4, 0.5) is 0 Å². The van der Waals surface area contributed by atoms with Crippen LogP contribution >= 0.6 is 22.9 Å². The summed E-state index contributed by atoms with van der Waals surface area (Å²) in [4.78, 5) is 5.42. The third-order valence-electron chi connectivity index (χ3n) is 2.49. The summed E-state index contributed by atoms with van der Waals surface area (Å²) in [6, 6.07) is 7.85. The Kier molecular flexibility index (Phi) is 2.53. The fourth-order valence-corrected chi connectivity index (χ4v) is 2.70. The van der Waals surface area contributed by atoms with Crippen LogP contribution in [0.1, 0.15) is 0 Å². The van der Waals surface area contributed by atoms with Crippen molar-refractivity contribution in [1.82, 2.24) is 9.38 Å². The van der Waals surface area contributed by atoms with Crippen molar-refractivity contribution < 1.29 is 4.74 Å². The molecule has 0 aliphatic carbocycles. The van der Waals surface area contributed by atoms with E-state index in [2.05, 4.69) is 4.98 Å². The Morgan fingerprint density at radius 2 is 2.24 bits per heavy atom. The molecule has 0 saturated carbocycles. The number of aromatic nitrogens is 2. The Balaban J connectivity index is 2.09. The average molecular weight is 265 g/mol. The highest BCUT2D eigenvalue weighted by atomic mass is 35.5. The Morgan fingerprint density at radius 3 is 3.00 bits per heavy atom. The van der Waals surface area contributed by atoms with E-state index in [0.717, 1.165) is 26.3 Å². The van der Waals surface area contributed by atoms with E-state index < -0.39 is 0 Å². The van der Waals surface area contributed by atoms with E-state index in [1.807, 2.05) is 41.1 Å². The standard InChI is InChI=1S/C12H9ClN2OS/c1-16-9-4-2-3-8(5-9)10-6-15-7-11(13)17-12(15)14-10/h2-7H,1H3. The molecule has 0 saturated heterocycles. The molecule has 0 unspecified atom stereocenters. The van der Waals surface area contributed by atoms with E-state index in [9.17, 15) is 0 Å². The van der Waals surface area contributed by atoms with Gasteiger partial charge < -0.3 is 4.74 Å². The summed E-state index contributed by atoms with van der Waals surface area (Å²) in [5.74, 6) is 0.830. The molecule has 17 heavy (non-hydrogen) atoms. The second kappa shape index (κ2) is 4.05. The summed E-state index contributed by atoms with van der Waals surface area (Å²) in [5, 5.41) is 0. The predicted octanol–water partition coefficient (Wildman–Crippen LogP) is 3.72. The first-order valence-corrected chi connectivity index (χ1v) is 6.24. The molecule has 0 atom stereocenters. The molecule has 3 aromatic rings. The van der Waals surface area contributed by atoms with Gasteiger partial charge in [-0.1, -0.05) is 35.1 Å². The molecule has 0 aliphatic heterocycles. The minimum atomic E-state index is 0.740. The van der Waals surface area contributed by atoms with Crippen LogP contribution in [-0.4, -0.2) is 16.5 Å². The fraction of sp³-hybridized carbons (Fsp3) is 0.0833. The average Bonchev–Trinajstić information content (AvgIpc) is 2.86. The van der Waals surface area contributed by atoms with E-state index in [4.69, 9.17) is 16.3 Å². The summed E-state index contributed by atoms with van der Waals surface area (Å²) >= 11 is 7.37. The summed E-state index contributed by atoms with van der Waals surface area (Å²) < 4.78 is 7.87. The van der Waals surface area contributed by atoms with Gasteiger partial charge in [0.15, 0.2) is 4.96 Å². The van der Waals surface area contributed by atoms with Gasteiger partial charge in [0.1, 0.15) is 10.1 Å². The van der Waals surface area contributed by atoms with Gasteiger partial charge in [-0.25, -0.2) is 4.98 Å². The minimum Gasteiger partial charge on any atom is -0.497 e. The van der Waals surface area contributed by atoms with E-state index >= 15 is 0 Å². The first kappa shape index (κ1) is 10.6. The monoisotopic (exact) mass is 264 g/mol. The number of fused-ring (bicyclic) bond motifs is 1. The van der Waals surface area contributed by atoms with Crippen molar-refractivity contribution in [2.45, 2.75) is 0 Å². The Bertz CT molecular complexity index is 643. The van der Waals surface area contributed by atoms with Crippen LogP contribution in [0.3, 0.4) is 0 Å². The number of ether oxygens (including phenoxy) is 1. The number of hydrogen-bond donors (Lipinski definition) is 0. The zero-order valence-corrected chi connectivity index (χ0v) is 10.6. The van der Waals surface area contributed by atoms with E-state index in [0.29, 0.717) is 0 Å². The smallest absolute Gasteiger partial charge is 0.195 e. The predicted molar refractivity (Wildman–Crippen MR) is 70.1 cm³/mol. The summed E-state index contributed by atoms with van der Waals surface area (Å²) in [6.07, 6.45) is 3.82. The zero-order chi connectivity index (χ0) is 11.8. The highest BCUT2D eigenvalue weighted by molar-refractivity contribution is 7.20. The number of thiazole rings is 1. The number of hydrogen-bond acceptors (Lipinski definition) is 3. The van der Waals surface area contributed by atoms with Gasteiger partial charge in [-0.15, -0.1) is 0 Å². The van der Waals surface area contributed by atoms with Crippen molar-refractivity contribution in [3.63, 3.8) is 0 Å². The van der Waals surface area contributed by atoms with Crippen LogP contribution in [0.2, 0.25) is 4.34 Å². The van der Waals surface area contributed by atoms with Crippen molar-refractivity contribution in [2.75, 3.05) is 7.11 Å². The van der Waals surface area contributed by atoms with Gasteiger partial charge in [-0.3, -0.25) is 4.40 Å². The lowest BCUT2D eigenvalue weighted by atomic mass is 10.1. The van der Waals surface area contributed by atoms with E-state index in [-0.39, 0.29) is 0 Å². The first-order valence-electron chi connectivity index (χ1n) is 5.05. The number of methoxy groups -OCH3 is 1. The van der Waals surface area contributed by atoms with Gasteiger partial charge in [0.25, 0.3) is 0 Å². The van der Waals surface area contributed by atoms with Crippen LogP contribution in [-0.2, 0) is 0 Å². The fourth-order valence-electron chi connectivity index (χ4n) is 1.69. The molecule has 0 bridgehead atoms. The Labute approximate surface area is 107 Å². The SMILES string of the molecule is COc1cccc(-c2cn3cc(Cl)sc3n2)c1. The van der Waals surface area contributed by atoms with Gasteiger partial charge in [-0.05, 0) is 12.1 Å². The third kappa shape index (κ3) is 1.90. The van der Waals surface area contributed by atoms with Crippen molar-refractivity contribution in [1.29, 1.82) is 0 Å². The number of rotatable bonds is 2. The van der Waals surface area contributed by atoms with Gasteiger partial charge in [0.05, 0.1) is 12.8 Å². The Morgan fingerprint density at radius 1 is 1.35 bits per heavy atom. The topological polar surface area (TPSA) is 26.5 Å². The largest absolute Gasteiger partial charge is 0.497 e. The maximum Gasteiger partial charge on any atom is 0.195 e. The molecular weight excluding hydrogens is 256 g/mol. The van der Waals surface area contributed by atoms with Crippen LogP contribution in [0.25, 0.3) is 16.2 Å². The molecule has 0 spiro atoms. The first-order chi connectivity index (χ1) is 8.26. The van der Waals surface area contributed by atoms with Crippen molar-refractivity contribution in [3.05, 3.63) is 41.0 Å². The normalized spacial score (nSPS) is 10.9. The minimum absolute atomic E-state index is 0.740. The zero-order valence-electron chi connectivity index (χ0n) is 9.05. The van der Waals surface area contributed by atoms with Gasteiger partial charge in [0, 0.05) is 18.0 Å². The molecule has 0 N–H and O–H groups in total. The number of imidazole rings is 1. The van der Waals surface area contributed by atoms with Crippen LogP contribution in [0.15, 0.2) is 36.7 Å². The number of halogens is 1. The third-order valence-corrected chi connectivity index (χ3v) is 3.61. The summed E-state index contributed by atoms with van der Waals surface area (Å²) in [5.41, 5.74) is 1.96. The molecule has 0 amide bonds. The van der Waals surface area contributed by atoms with Gasteiger partial charge in [-0.2, -0.15) is 0 Å². The molecule has 5 heteroatoms. The van der Waals surface area contributed by atoms with E-state index in [1.165, 1.54) is 11.3 Å². The number of benzene rings is 1. The lowest BCUT2D eigenvalue weighted by Crippen LogP contribution is -1.83. The highest BCUT2D eigenvalue weighted by Gasteiger charge is 2.07. The molecule has 0 fully saturated rings. The quantitative estimate of drug-likeness (QED) is 0.705. The molecule has 86 valence electrons. The molecule has 0 aliphatic rings. The van der Waals surface area contributed by atoms with E-state index in [1.54, 1.807) is 7.11 Å². The van der Waals surface area contributed by atoms with Crippen LogP contribution < -0.4 is 4.74 Å². The molecule has 0 radical (unpaired) electrons. The molecule has 3 rings (SSSR count).